The van der Waals surface area contributed by atoms with Crippen LogP contribution in [0, 0.1) is 0 Å². The van der Waals surface area contributed by atoms with Gasteiger partial charge in [0.2, 0.25) is 0 Å². The van der Waals surface area contributed by atoms with E-state index in [2.05, 4.69) is 15.4 Å². The third kappa shape index (κ3) is 3.46. The molecule has 1 aromatic carbocycles. The topological polar surface area (TPSA) is 91.7 Å². The van der Waals surface area contributed by atoms with Gasteiger partial charge in [0.15, 0.2) is 5.65 Å². The van der Waals surface area contributed by atoms with Gasteiger partial charge in [-0.1, -0.05) is 29.8 Å². The van der Waals surface area contributed by atoms with Crippen LogP contribution in [-0.4, -0.2) is 51.3 Å². The Morgan fingerprint density at radius 3 is 3.03 bits per heavy atom. The van der Waals surface area contributed by atoms with E-state index < -0.39 is 0 Å². The van der Waals surface area contributed by atoms with Gasteiger partial charge in [0.25, 0.3) is 5.56 Å². The Bertz CT molecular complexity index is 1170. The quantitative estimate of drug-likeness (QED) is 0.672. The maximum Gasteiger partial charge on any atom is 0.317 e. The summed E-state index contributed by atoms with van der Waals surface area (Å²) >= 11 is 6.30. The average molecular weight is 428 g/mol. The summed E-state index contributed by atoms with van der Waals surface area (Å²) in [6.45, 7) is 2.06. The molecule has 0 spiro atoms. The summed E-state index contributed by atoms with van der Waals surface area (Å²) in [6.07, 6.45) is 2.57. The smallest absolute Gasteiger partial charge is 0.317 e. The highest BCUT2D eigenvalue weighted by Crippen LogP contribution is 2.27. The molecule has 0 saturated carbocycles. The first-order chi connectivity index (χ1) is 14.6. The van der Waals surface area contributed by atoms with Crippen molar-refractivity contribution in [1.29, 1.82) is 0 Å². The number of carbonyl (C=O) groups is 1. The zero-order chi connectivity index (χ0) is 20.7. The van der Waals surface area contributed by atoms with Gasteiger partial charge in [-0.2, -0.15) is 0 Å². The summed E-state index contributed by atoms with van der Waals surface area (Å²) < 4.78 is 7.00. The zero-order valence-electron chi connectivity index (χ0n) is 16.4. The standard InChI is InChI=1S/C21H22ClN5O3/c22-16-6-2-1-5-14(16)17-10-19-24-18-12-26(8-7-15(18)20(28)27(19)25-17)21(29)23-11-13-4-3-9-30-13/h1-2,5-6,10,13,25H,3-4,7-9,11-12H2,(H,23,29)/t13-/m1/s1. The molecule has 5 rings (SSSR count). The first-order valence-corrected chi connectivity index (χ1v) is 10.5. The van der Waals surface area contributed by atoms with Crippen molar-refractivity contribution in [2.45, 2.75) is 31.9 Å². The molecule has 3 aromatic rings. The highest BCUT2D eigenvalue weighted by atomic mass is 35.5. The van der Waals surface area contributed by atoms with Crippen LogP contribution in [0.1, 0.15) is 24.1 Å². The average Bonchev–Trinajstić information content (AvgIpc) is 3.42. The summed E-state index contributed by atoms with van der Waals surface area (Å²) in [4.78, 5) is 31.9. The number of nitrogens with one attached hydrogen (secondary N) is 2. The number of ether oxygens (including phenoxy) is 1. The predicted molar refractivity (Wildman–Crippen MR) is 113 cm³/mol. The molecule has 0 aliphatic carbocycles. The van der Waals surface area contributed by atoms with Crippen molar-refractivity contribution < 1.29 is 9.53 Å². The van der Waals surface area contributed by atoms with E-state index in [1.165, 1.54) is 4.52 Å². The Hall–Kier alpha value is -2.84. The maximum atomic E-state index is 13.0. The number of carbonyl (C=O) groups excluding carboxylic acids is 1. The number of rotatable bonds is 3. The van der Waals surface area contributed by atoms with E-state index in [4.69, 9.17) is 16.3 Å². The lowest BCUT2D eigenvalue weighted by Crippen LogP contribution is -2.46. The fraction of sp³-hybridized carbons (Fsp3) is 0.381. The molecule has 156 valence electrons. The molecule has 30 heavy (non-hydrogen) atoms. The second-order valence-electron chi connectivity index (χ2n) is 7.68. The molecule has 1 saturated heterocycles. The Balaban J connectivity index is 1.39. The molecule has 2 amide bonds. The minimum absolute atomic E-state index is 0.0940. The van der Waals surface area contributed by atoms with Crippen molar-refractivity contribution in [2.75, 3.05) is 19.7 Å². The molecule has 0 bridgehead atoms. The van der Waals surface area contributed by atoms with Gasteiger partial charge < -0.3 is 15.0 Å². The lowest BCUT2D eigenvalue weighted by Gasteiger charge is -2.28. The van der Waals surface area contributed by atoms with Crippen molar-refractivity contribution in [3.05, 3.63) is 57.0 Å². The summed E-state index contributed by atoms with van der Waals surface area (Å²) in [5.74, 6) is 0. The van der Waals surface area contributed by atoms with Gasteiger partial charge in [0.05, 0.1) is 24.0 Å². The fourth-order valence-corrected chi connectivity index (χ4v) is 4.34. The summed E-state index contributed by atoms with van der Waals surface area (Å²) in [7, 11) is 0. The molecule has 0 radical (unpaired) electrons. The number of aromatic amines is 1. The van der Waals surface area contributed by atoms with Crippen molar-refractivity contribution in [2.24, 2.45) is 0 Å². The van der Waals surface area contributed by atoms with Gasteiger partial charge in [0.1, 0.15) is 0 Å². The number of hydrogen-bond acceptors (Lipinski definition) is 4. The largest absolute Gasteiger partial charge is 0.376 e. The molecule has 4 heterocycles. The van der Waals surface area contributed by atoms with E-state index in [0.29, 0.717) is 48.0 Å². The number of nitrogens with zero attached hydrogens (tertiary/aromatic N) is 3. The first kappa shape index (κ1) is 19.1. The molecule has 9 heteroatoms. The van der Waals surface area contributed by atoms with Gasteiger partial charge in [-0.25, -0.2) is 14.3 Å². The van der Waals surface area contributed by atoms with Crippen molar-refractivity contribution in [3.8, 4) is 11.3 Å². The van der Waals surface area contributed by atoms with E-state index in [9.17, 15) is 9.59 Å². The van der Waals surface area contributed by atoms with E-state index in [1.807, 2.05) is 18.2 Å². The van der Waals surface area contributed by atoms with Gasteiger partial charge in [0, 0.05) is 41.9 Å². The molecule has 2 N–H and O–H groups in total. The summed E-state index contributed by atoms with van der Waals surface area (Å²) in [6, 6.07) is 9.09. The lowest BCUT2D eigenvalue weighted by molar-refractivity contribution is 0.108. The monoisotopic (exact) mass is 427 g/mol. The van der Waals surface area contributed by atoms with Gasteiger partial charge in [-0.05, 0) is 25.3 Å². The normalized spacial score (nSPS) is 18.6. The van der Waals surface area contributed by atoms with Crippen LogP contribution in [0.25, 0.3) is 16.9 Å². The van der Waals surface area contributed by atoms with Crippen LogP contribution in [0.5, 0.6) is 0 Å². The van der Waals surface area contributed by atoms with E-state index >= 15 is 0 Å². The molecule has 1 atom stereocenters. The Morgan fingerprint density at radius 1 is 1.37 bits per heavy atom. The second kappa shape index (κ2) is 7.77. The molecule has 0 unspecified atom stereocenters. The van der Waals surface area contributed by atoms with Crippen LogP contribution in [0.3, 0.4) is 0 Å². The Morgan fingerprint density at radius 2 is 2.23 bits per heavy atom. The maximum absolute atomic E-state index is 13.0. The molecule has 2 aliphatic rings. The fourth-order valence-electron chi connectivity index (χ4n) is 4.10. The van der Waals surface area contributed by atoms with Crippen LogP contribution in [-0.2, 0) is 17.7 Å². The number of H-pyrrole nitrogens is 1. The summed E-state index contributed by atoms with van der Waals surface area (Å²) in [5, 5.41) is 6.64. The van der Waals surface area contributed by atoms with Crippen LogP contribution in [0.4, 0.5) is 4.79 Å². The SMILES string of the molecule is O=C(NC[C@H]1CCCO1)N1CCc2c(nc3cc(-c4ccccc4Cl)[nH]n3c2=O)C1. The molecular formula is C21H22ClN5O3. The van der Waals surface area contributed by atoms with Crippen molar-refractivity contribution in [1.82, 2.24) is 24.8 Å². The zero-order valence-corrected chi connectivity index (χ0v) is 17.1. The van der Waals surface area contributed by atoms with Crippen LogP contribution in [0.2, 0.25) is 5.02 Å². The number of amides is 2. The summed E-state index contributed by atoms with van der Waals surface area (Å²) in [5.41, 5.74) is 3.19. The highest BCUT2D eigenvalue weighted by molar-refractivity contribution is 6.33. The predicted octanol–water partition coefficient (Wildman–Crippen LogP) is 2.59. The molecular weight excluding hydrogens is 406 g/mol. The molecule has 2 aliphatic heterocycles. The minimum Gasteiger partial charge on any atom is -0.376 e. The van der Waals surface area contributed by atoms with Crippen LogP contribution in [0.15, 0.2) is 35.1 Å². The minimum atomic E-state index is -0.149. The molecule has 2 aromatic heterocycles. The van der Waals surface area contributed by atoms with Crippen LogP contribution >= 0.6 is 11.6 Å². The van der Waals surface area contributed by atoms with E-state index in [-0.39, 0.29) is 17.7 Å². The highest BCUT2D eigenvalue weighted by Gasteiger charge is 2.26. The van der Waals surface area contributed by atoms with Gasteiger partial charge >= 0.3 is 6.03 Å². The van der Waals surface area contributed by atoms with Crippen molar-refractivity contribution >= 4 is 23.3 Å². The van der Waals surface area contributed by atoms with E-state index in [0.717, 1.165) is 30.7 Å². The first-order valence-electron chi connectivity index (χ1n) is 10.1. The second-order valence-corrected chi connectivity index (χ2v) is 8.09. The number of fused-ring (bicyclic) bond motifs is 2. The lowest BCUT2D eigenvalue weighted by atomic mass is 10.1. The van der Waals surface area contributed by atoms with Crippen LogP contribution < -0.4 is 10.9 Å². The Labute approximate surface area is 177 Å². The number of halogens is 1. The number of urea groups is 1. The molecule has 1 fully saturated rings. The van der Waals surface area contributed by atoms with Gasteiger partial charge in [-0.3, -0.25) is 9.89 Å². The third-order valence-corrected chi connectivity index (χ3v) is 6.05. The van der Waals surface area contributed by atoms with E-state index in [1.54, 1.807) is 17.0 Å². The Kier molecular flexibility index (Phi) is 4.96. The third-order valence-electron chi connectivity index (χ3n) is 5.72. The number of benzene rings is 1. The van der Waals surface area contributed by atoms with Gasteiger partial charge in [-0.15, -0.1) is 0 Å². The molecule has 8 nitrogen and oxygen atoms in total. The number of hydrogen-bond donors (Lipinski definition) is 2. The number of aromatic nitrogens is 3. The van der Waals surface area contributed by atoms with Crippen molar-refractivity contribution in [3.63, 3.8) is 0 Å².